The summed E-state index contributed by atoms with van der Waals surface area (Å²) in [6, 6.07) is 10.6. The molecule has 0 radical (unpaired) electrons. The zero-order valence-electron chi connectivity index (χ0n) is 11.8. The Balaban J connectivity index is 1.70. The van der Waals surface area contributed by atoms with Gasteiger partial charge >= 0.3 is 0 Å². The van der Waals surface area contributed by atoms with Gasteiger partial charge in [-0.15, -0.1) is 11.3 Å². The summed E-state index contributed by atoms with van der Waals surface area (Å²) in [6.07, 6.45) is 3.93. The van der Waals surface area contributed by atoms with E-state index in [0.717, 1.165) is 10.4 Å². The largest absolute Gasteiger partial charge is 0.296 e. The van der Waals surface area contributed by atoms with Gasteiger partial charge in [0.15, 0.2) is 5.13 Å². The summed E-state index contributed by atoms with van der Waals surface area (Å²) in [6.45, 7) is 0. The minimum Gasteiger partial charge on any atom is -0.296 e. The summed E-state index contributed by atoms with van der Waals surface area (Å²) < 4.78 is 0. The van der Waals surface area contributed by atoms with Crippen LogP contribution in [0.3, 0.4) is 0 Å². The second-order valence-electron chi connectivity index (χ2n) is 4.71. The van der Waals surface area contributed by atoms with Gasteiger partial charge in [-0.3, -0.25) is 15.1 Å². The first-order valence-corrected chi connectivity index (χ1v) is 8.30. The highest BCUT2D eigenvalue weighted by atomic mass is 35.5. The van der Waals surface area contributed by atoms with Gasteiger partial charge < -0.3 is 0 Å². The predicted molar refractivity (Wildman–Crippen MR) is 93.6 cm³/mol. The number of thiazole rings is 1. The van der Waals surface area contributed by atoms with Crippen LogP contribution in [-0.2, 0) is 6.42 Å². The van der Waals surface area contributed by atoms with Crippen molar-refractivity contribution in [3.8, 4) is 0 Å². The van der Waals surface area contributed by atoms with E-state index in [-0.39, 0.29) is 5.91 Å². The molecule has 2 aromatic heterocycles. The topological polar surface area (TPSA) is 54.9 Å². The Kier molecular flexibility index (Phi) is 4.91. The molecule has 1 N–H and O–H groups in total. The van der Waals surface area contributed by atoms with Gasteiger partial charge in [-0.25, -0.2) is 4.98 Å². The van der Waals surface area contributed by atoms with E-state index >= 15 is 0 Å². The summed E-state index contributed by atoms with van der Waals surface area (Å²) in [4.78, 5) is 21.2. The number of carbonyl (C=O) groups excluding carboxylic acids is 1. The van der Waals surface area contributed by atoms with Gasteiger partial charge in [-0.05, 0) is 29.8 Å². The first-order chi connectivity index (χ1) is 11.1. The first kappa shape index (κ1) is 15.9. The molecule has 0 aliphatic heterocycles. The van der Waals surface area contributed by atoms with Gasteiger partial charge in [-0.1, -0.05) is 35.3 Å². The van der Waals surface area contributed by atoms with Crippen molar-refractivity contribution in [2.45, 2.75) is 6.42 Å². The molecule has 0 saturated carbocycles. The molecule has 116 valence electrons. The molecule has 4 nitrogen and oxygen atoms in total. The van der Waals surface area contributed by atoms with Crippen molar-refractivity contribution < 1.29 is 4.79 Å². The van der Waals surface area contributed by atoms with Gasteiger partial charge in [0.05, 0.1) is 0 Å². The lowest BCUT2D eigenvalue weighted by Gasteiger charge is -2.02. The van der Waals surface area contributed by atoms with E-state index in [4.69, 9.17) is 23.2 Å². The fourth-order valence-electron chi connectivity index (χ4n) is 1.96. The van der Waals surface area contributed by atoms with Gasteiger partial charge in [0.2, 0.25) is 0 Å². The number of nitrogens with zero attached hydrogens (tertiary/aromatic N) is 2. The monoisotopic (exact) mass is 363 g/mol. The van der Waals surface area contributed by atoms with Crippen LogP contribution in [0.4, 0.5) is 5.13 Å². The lowest BCUT2D eigenvalue weighted by atomic mass is 10.1. The molecule has 0 spiro atoms. The van der Waals surface area contributed by atoms with Crippen LogP contribution in [0.5, 0.6) is 0 Å². The summed E-state index contributed by atoms with van der Waals surface area (Å²) >= 11 is 13.5. The molecule has 2 heterocycles. The third kappa shape index (κ3) is 4.07. The number of nitrogens with one attached hydrogen (secondary N) is 1. The van der Waals surface area contributed by atoms with Crippen molar-refractivity contribution >= 4 is 45.6 Å². The molecular weight excluding hydrogens is 353 g/mol. The maximum absolute atomic E-state index is 12.0. The van der Waals surface area contributed by atoms with Crippen LogP contribution in [0, 0.1) is 0 Å². The fourth-order valence-corrected chi connectivity index (χ4v) is 3.26. The number of hydrogen-bond donors (Lipinski definition) is 1. The summed E-state index contributed by atoms with van der Waals surface area (Å²) in [5.41, 5.74) is 1.31. The van der Waals surface area contributed by atoms with Crippen molar-refractivity contribution in [3.63, 3.8) is 0 Å². The number of rotatable bonds is 4. The van der Waals surface area contributed by atoms with Crippen molar-refractivity contribution in [3.05, 3.63) is 75.0 Å². The van der Waals surface area contributed by atoms with Crippen molar-refractivity contribution in [2.24, 2.45) is 0 Å². The third-order valence-corrected chi connectivity index (χ3v) is 4.55. The Morgan fingerprint density at radius 3 is 2.78 bits per heavy atom. The van der Waals surface area contributed by atoms with E-state index in [2.05, 4.69) is 15.3 Å². The van der Waals surface area contributed by atoms with Crippen LogP contribution in [0.1, 0.15) is 20.9 Å². The average molecular weight is 364 g/mol. The van der Waals surface area contributed by atoms with E-state index in [1.54, 1.807) is 42.7 Å². The summed E-state index contributed by atoms with van der Waals surface area (Å²) in [7, 11) is 0. The summed E-state index contributed by atoms with van der Waals surface area (Å²) in [5, 5.41) is 4.49. The van der Waals surface area contributed by atoms with Crippen LogP contribution in [-0.4, -0.2) is 15.9 Å². The van der Waals surface area contributed by atoms with Gasteiger partial charge in [0.1, 0.15) is 5.69 Å². The molecule has 0 aliphatic rings. The smallest absolute Gasteiger partial charge is 0.276 e. The zero-order chi connectivity index (χ0) is 16.2. The standard InChI is InChI=1S/C16H11Cl2N3OS/c17-11-5-4-10(13(18)8-11)7-12-9-20-16(23-12)21-15(22)14-3-1-2-6-19-14/h1-6,8-9H,7H2,(H,20,21,22). The van der Waals surface area contributed by atoms with Gasteiger partial charge in [0, 0.05) is 33.7 Å². The Labute approximate surface area is 147 Å². The minimum absolute atomic E-state index is 0.281. The number of aromatic nitrogens is 2. The zero-order valence-corrected chi connectivity index (χ0v) is 14.1. The Morgan fingerprint density at radius 2 is 2.04 bits per heavy atom. The quantitative estimate of drug-likeness (QED) is 0.731. The molecule has 1 aromatic carbocycles. The molecule has 0 saturated heterocycles. The van der Waals surface area contributed by atoms with E-state index in [1.165, 1.54) is 11.3 Å². The number of anilines is 1. The number of carbonyl (C=O) groups is 1. The number of halogens is 2. The van der Waals surface area contributed by atoms with Crippen molar-refractivity contribution in [1.82, 2.24) is 9.97 Å². The molecule has 0 atom stereocenters. The Morgan fingerprint density at radius 1 is 1.17 bits per heavy atom. The van der Waals surface area contributed by atoms with Crippen molar-refractivity contribution in [1.29, 1.82) is 0 Å². The van der Waals surface area contributed by atoms with Crippen LogP contribution >= 0.6 is 34.5 Å². The number of hydrogen-bond acceptors (Lipinski definition) is 4. The van der Waals surface area contributed by atoms with Crippen LogP contribution in [0.25, 0.3) is 0 Å². The third-order valence-electron chi connectivity index (χ3n) is 3.05. The molecule has 7 heteroatoms. The Hall–Kier alpha value is -1.95. The minimum atomic E-state index is -0.281. The second-order valence-corrected chi connectivity index (χ2v) is 6.67. The van der Waals surface area contributed by atoms with Gasteiger partial charge in [0.25, 0.3) is 5.91 Å². The molecule has 0 fully saturated rings. The highest BCUT2D eigenvalue weighted by molar-refractivity contribution is 7.15. The lowest BCUT2D eigenvalue weighted by molar-refractivity contribution is 0.102. The maximum Gasteiger partial charge on any atom is 0.276 e. The first-order valence-electron chi connectivity index (χ1n) is 6.73. The molecule has 0 unspecified atom stereocenters. The molecule has 0 bridgehead atoms. The molecule has 3 aromatic rings. The van der Waals surface area contributed by atoms with Gasteiger partial charge in [-0.2, -0.15) is 0 Å². The number of amides is 1. The molecule has 3 rings (SSSR count). The maximum atomic E-state index is 12.0. The normalized spacial score (nSPS) is 10.5. The van der Waals surface area contributed by atoms with Crippen LogP contribution in [0.15, 0.2) is 48.8 Å². The highest BCUT2D eigenvalue weighted by Gasteiger charge is 2.11. The fraction of sp³-hybridized carbons (Fsp3) is 0.0625. The van der Waals surface area contributed by atoms with E-state index in [0.29, 0.717) is 27.3 Å². The lowest BCUT2D eigenvalue weighted by Crippen LogP contribution is -2.12. The molecular formula is C16H11Cl2N3OS. The highest BCUT2D eigenvalue weighted by Crippen LogP contribution is 2.27. The van der Waals surface area contributed by atoms with Crippen molar-refractivity contribution in [2.75, 3.05) is 5.32 Å². The van der Waals surface area contributed by atoms with E-state index in [1.807, 2.05) is 6.07 Å². The average Bonchev–Trinajstić information content (AvgIpc) is 2.98. The second kappa shape index (κ2) is 7.08. The Bertz CT molecular complexity index is 836. The number of pyridine rings is 1. The molecule has 23 heavy (non-hydrogen) atoms. The van der Waals surface area contributed by atoms with Crippen LogP contribution in [0.2, 0.25) is 10.0 Å². The van der Waals surface area contributed by atoms with E-state index in [9.17, 15) is 4.79 Å². The van der Waals surface area contributed by atoms with E-state index < -0.39 is 0 Å². The number of benzene rings is 1. The summed E-state index contributed by atoms with van der Waals surface area (Å²) in [5.74, 6) is -0.281. The SMILES string of the molecule is O=C(Nc1ncc(Cc2ccc(Cl)cc2Cl)s1)c1ccccn1. The molecule has 1 amide bonds. The molecule has 0 aliphatic carbocycles. The predicted octanol–water partition coefficient (Wildman–Crippen LogP) is 4.69. The van der Waals surface area contributed by atoms with Crippen LogP contribution < -0.4 is 5.32 Å².